The monoisotopic (exact) mass is 219 g/mol. The van der Waals surface area contributed by atoms with Crippen LogP contribution in [0.4, 0.5) is 5.82 Å². The zero-order valence-electron chi connectivity index (χ0n) is 8.14. The Labute approximate surface area is 90.6 Å². The number of benzene rings is 1. The molecule has 0 atom stereocenters. The van der Waals surface area contributed by atoms with Crippen LogP contribution >= 0.6 is 0 Å². The van der Waals surface area contributed by atoms with Gasteiger partial charge in [-0.25, -0.2) is 0 Å². The molecule has 0 saturated carbocycles. The predicted octanol–water partition coefficient (Wildman–Crippen LogP) is 1.07. The fourth-order valence-corrected chi connectivity index (χ4v) is 1.22. The average molecular weight is 219 g/mol. The number of aromatic nitrogens is 2. The zero-order valence-corrected chi connectivity index (χ0v) is 8.14. The molecule has 0 saturated heterocycles. The van der Waals surface area contributed by atoms with Crippen LogP contribution in [0.15, 0.2) is 30.5 Å². The number of aromatic hydroxyl groups is 2. The Morgan fingerprint density at radius 1 is 1.31 bits per heavy atom. The van der Waals surface area contributed by atoms with E-state index < -0.39 is 5.91 Å². The summed E-state index contributed by atoms with van der Waals surface area (Å²) >= 11 is 0. The normalized spacial score (nSPS) is 10.0. The quantitative estimate of drug-likeness (QED) is 0.568. The van der Waals surface area contributed by atoms with Gasteiger partial charge >= 0.3 is 0 Å². The molecule has 0 radical (unpaired) electrons. The summed E-state index contributed by atoms with van der Waals surface area (Å²) in [6.45, 7) is 0. The minimum Gasteiger partial charge on any atom is -0.508 e. The molecule has 16 heavy (non-hydrogen) atoms. The van der Waals surface area contributed by atoms with Crippen LogP contribution in [-0.4, -0.2) is 26.3 Å². The number of phenolic OH excluding ortho intramolecular Hbond substituents is 2. The van der Waals surface area contributed by atoms with E-state index in [-0.39, 0.29) is 17.1 Å². The van der Waals surface area contributed by atoms with Crippen LogP contribution in [0.5, 0.6) is 11.5 Å². The summed E-state index contributed by atoms with van der Waals surface area (Å²) in [5, 5.41) is 27.3. The van der Waals surface area contributed by atoms with Gasteiger partial charge in [0.25, 0.3) is 5.91 Å². The molecule has 1 aromatic heterocycles. The lowest BCUT2D eigenvalue weighted by Crippen LogP contribution is -2.12. The molecule has 6 heteroatoms. The molecule has 0 bridgehead atoms. The first kappa shape index (κ1) is 10.0. The Kier molecular flexibility index (Phi) is 2.47. The second-order valence-corrected chi connectivity index (χ2v) is 3.13. The molecular formula is C10H9N3O3. The van der Waals surface area contributed by atoms with Crippen LogP contribution < -0.4 is 5.32 Å². The van der Waals surface area contributed by atoms with Crippen LogP contribution in [0.1, 0.15) is 10.4 Å². The molecule has 0 aliphatic rings. The molecule has 82 valence electrons. The minimum absolute atomic E-state index is 0.00500. The molecule has 1 aromatic carbocycles. The van der Waals surface area contributed by atoms with Gasteiger partial charge in [-0.2, -0.15) is 5.10 Å². The van der Waals surface area contributed by atoms with Crippen LogP contribution in [-0.2, 0) is 0 Å². The number of anilines is 1. The maximum absolute atomic E-state index is 11.7. The molecule has 0 aliphatic heterocycles. The molecule has 0 spiro atoms. The third kappa shape index (κ3) is 1.95. The van der Waals surface area contributed by atoms with Crippen molar-refractivity contribution >= 4 is 11.7 Å². The summed E-state index contributed by atoms with van der Waals surface area (Å²) in [4.78, 5) is 11.7. The number of amides is 1. The van der Waals surface area contributed by atoms with Gasteiger partial charge in [-0.15, -0.1) is 0 Å². The van der Waals surface area contributed by atoms with E-state index in [0.717, 1.165) is 0 Å². The van der Waals surface area contributed by atoms with Crippen LogP contribution in [0.25, 0.3) is 0 Å². The number of aromatic amines is 1. The van der Waals surface area contributed by atoms with Gasteiger partial charge in [0.2, 0.25) is 0 Å². The Morgan fingerprint density at radius 3 is 2.81 bits per heavy atom. The second-order valence-electron chi connectivity index (χ2n) is 3.13. The van der Waals surface area contributed by atoms with E-state index in [1.54, 1.807) is 6.07 Å². The van der Waals surface area contributed by atoms with Gasteiger partial charge < -0.3 is 15.5 Å². The summed E-state index contributed by atoms with van der Waals surface area (Å²) < 4.78 is 0. The number of rotatable bonds is 2. The third-order valence-electron chi connectivity index (χ3n) is 1.97. The lowest BCUT2D eigenvalue weighted by atomic mass is 10.2. The molecule has 1 amide bonds. The van der Waals surface area contributed by atoms with Crippen LogP contribution in [0, 0.1) is 0 Å². The first-order chi connectivity index (χ1) is 7.66. The molecule has 0 fully saturated rings. The predicted molar refractivity (Wildman–Crippen MR) is 56.3 cm³/mol. The third-order valence-corrected chi connectivity index (χ3v) is 1.97. The molecule has 1 heterocycles. The highest BCUT2D eigenvalue weighted by Gasteiger charge is 2.12. The van der Waals surface area contributed by atoms with Crippen molar-refractivity contribution < 1.29 is 15.0 Å². The van der Waals surface area contributed by atoms with Gasteiger partial charge in [0, 0.05) is 6.07 Å². The van der Waals surface area contributed by atoms with Crippen LogP contribution in [0.2, 0.25) is 0 Å². The van der Waals surface area contributed by atoms with Gasteiger partial charge in [0.15, 0.2) is 0 Å². The highest BCUT2D eigenvalue weighted by molar-refractivity contribution is 6.05. The molecule has 0 unspecified atom stereocenters. The van der Waals surface area contributed by atoms with Gasteiger partial charge in [-0.05, 0) is 18.2 Å². The number of carbonyl (C=O) groups is 1. The minimum atomic E-state index is -0.530. The molecule has 2 aromatic rings. The fourth-order valence-electron chi connectivity index (χ4n) is 1.22. The van der Waals surface area contributed by atoms with E-state index in [1.807, 2.05) is 0 Å². The second kappa shape index (κ2) is 3.93. The molecule has 4 N–H and O–H groups in total. The van der Waals surface area contributed by atoms with Crippen LogP contribution in [0.3, 0.4) is 0 Å². The van der Waals surface area contributed by atoms with Crippen molar-refractivity contribution in [3.05, 3.63) is 36.0 Å². The van der Waals surface area contributed by atoms with E-state index in [1.165, 1.54) is 24.4 Å². The molecule has 6 nitrogen and oxygen atoms in total. The maximum atomic E-state index is 11.7. The lowest BCUT2D eigenvalue weighted by molar-refractivity contribution is 0.102. The van der Waals surface area contributed by atoms with E-state index in [4.69, 9.17) is 0 Å². The van der Waals surface area contributed by atoms with Gasteiger partial charge in [0.1, 0.15) is 17.3 Å². The summed E-state index contributed by atoms with van der Waals surface area (Å²) in [6.07, 6.45) is 1.48. The van der Waals surface area contributed by atoms with E-state index in [0.29, 0.717) is 5.82 Å². The standard InChI is InChI=1S/C10H9N3O3/c14-6-1-2-8(15)7(5-6)10(16)12-9-3-4-11-13-9/h1-5,14-15H,(H2,11,12,13,16). The van der Waals surface area contributed by atoms with Crippen molar-refractivity contribution in [1.29, 1.82) is 0 Å². The van der Waals surface area contributed by atoms with Gasteiger partial charge in [-0.1, -0.05) is 0 Å². The fraction of sp³-hybridized carbons (Fsp3) is 0. The highest BCUT2D eigenvalue weighted by Crippen LogP contribution is 2.22. The smallest absolute Gasteiger partial charge is 0.260 e. The zero-order chi connectivity index (χ0) is 11.5. The Morgan fingerprint density at radius 2 is 2.12 bits per heavy atom. The van der Waals surface area contributed by atoms with Crippen molar-refractivity contribution in [3.63, 3.8) is 0 Å². The van der Waals surface area contributed by atoms with Crippen molar-refractivity contribution in [2.45, 2.75) is 0 Å². The lowest BCUT2D eigenvalue weighted by Gasteiger charge is -2.05. The van der Waals surface area contributed by atoms with Gasteiger partial charge in [0.05, 0.1) is 11.8 Å². The van der Waals surface area contributed by atoms with E-state index in [2.05, 4.69) is 15.5 Å². The first-order valence-electron chi connectivity index (χ1n) is 4.49. The number of H-pyrrole nitrogens is 1. The van der Waals surface area contributed by atoms with Crippen molar-refractivity contribution in [2.75, 3.05) is 5.32 Å². The van der Waals surface area contributed by atoms with E-state index in [9.17, 15) is 15.0 Å². The summed E-state index contributed by atoms with van der Waals surface area (Å²) in [5.41, 5.74) is -0.00500. The first-order valence-corrected chi connectivity index (χ1v) is 4.49. The Bertz CT molecular complexity index is 508. The summed E-state index contributed by atoms with van der Waals surface area (Å²) in [5.74, 6) is -0.409. The van der Waals surface area contributed by atoms with E-state index >= 15 is 0 Å². The molecule has 2 rings (SSSR count). The van der Waals surface area contributed by atoms with Gasteiger partial charge in [-0.3, -0.25) is 9.89 Å². The number of hydrogen-bond acceptors (Lipinski definition) is 4. The number of carbonyl (C=O) groups excluding carboxylic acids is 1. The number of nitrogens with zero attached hydrogens (tertiary/aromatic N) is 1. The molecular weight excluding hydrogens is 210 g/mol. The summed E-state index contributed by atoms with van der Waals surface area (Å²) in [7, 11) is 0. The largest absolute Gasteiger partial charge is 0.508 e. The van der Waals surface area contributed by atoms with Crippen molar-refractivity contribution in [1.82, 2.24) is 10.2 Å². The Balaban J connectivity index is 2.24. The molecule has 0 aliphatic carbocycles. The number of phenols is 2. The Hall–Kier alpha value is -2.50. The maximum Gasteiger partial charge on any atom is 0.260 e. The SMILES string of the molecule is O=C(Nc1ccn[nH]1)c1cc(O)ccc1O. The topological polar surface area (TPSA) is 98.2 Å². The number of nitrogens with one attached hydrogen (secondary N) is 2. The number of hydrogen-bond donors (Lipinski definition) is 4. The van der Waals surface area contributed by atoms with Crippen molar-refractivity contribution in [2.24, 2.45) is 0 Å². The van der Waals surface area contributed by atoms with Crippen molar-refractivity contribution in [3.8, 4) is 11.5 Å². The average Bonchev–Trinajstić information content (AvgIpc) is 2.74. The summed E-state index contributed by atoms with van der Waals surface area (Å²) in [6, 6.07) is 5.29. The highest BCUT2D eigenvalue weighted by atomic mass is 16.3.